The first-order valence-corrected chi connectivity index (χ1v) is 14.5. The highest BCUT2D eigenvalue weighted by Crippen LogP contribution is 2.70. The largest absolute Gasteiger partial charge is 0.458 e. The maximum absolute atomic E-state index is 13.0. The Morgan fingerprint density at radius 3 is 2.41 bits per heavy atom. The zero-order valence-corrected chi connectivity index (χ0v) is 22.7. The van der Waals surface area contributed by atoms with Crippen molar-refractivity contribution in [2.75, 3.05) is 6.61 Å². The van der Waals surface area contributed by atoms with Crippen LogP contribution in [0, 0.1) is 28.6 Å². The van der Waals surface area contributed by atoms with E-state index < -0.39 is 58.8 Å². The van der Waals surface area contributed by atoms with E-state index in [-0.39, 0.29) is 36.8 Å². The molecule has 0 radical (unpaired) electrons. The summed E-state index contributed by atoms with van der Waals surface area (Å²) in [5.74, 6) is -0.616. The van der Waals surface area contributed by atoms with Gasteiger partial charge < -0.3 is 44.5 Å². The molecule has 10 heteroatoms. The third-order valence-corrected chi connectivity index (χ3v) is 12.0. The molecule has 0 unspecified atom stereocenters. The van der Waals surface area contributed by atoms with Gasteiger partial charge in [-0.2, -0.15) is 0 Å². The number of aliphatic hydroxyl groups is 5. The molecule has 0 aromatic carbocycles. The lowest BCUT2D eigenvalue weighted by atomic mass is 9.41. The number of esters is 1. The fraction of sp³-hybridized carbons (Fsp3) is 0.862. The second-order valence-corrected chi connectivity index (χ2v) is 13.4. The van der Waals surface area contributed by atoms with Crippen LogP contribution in [0.4, 0.5) is 0 Å². The topological polar surface area (TPSA) is 163 Å². The van der Waals surface area contributed by atoms with Crippen LogP contribution in [0.1, 0.15) is 71.6 Å². The first-order chi connectivity index (χ1) is 18.4. The normalized spacial score (nSPS) is 55.2. The van der Waals surface area contributed by atoms with Gasteiger partial charge in [0.1, 0.15) is 31.2 Å². The number of hydrogen-bond donors (Lipinski definition) is 5. The van der Waals surface area contributed by atoms with Crippen LogP contribution in [-0.4, -0.2) is 92.4 Å². The lowest BCUT2D eigenvalue weighted by Crippen LogP contribution is -2.69. The predicted octanol–water partition coefficient (Wildman–Crippen LogP) is 0.750. The van der Waals surface area contributed by atoms with Crippen molar-refractivity contribution >= 4 is 12.3 Å². The highest BCUT2D eigenvalue weighted by Gasteiger charge is 2.71. The molecule has 218 valence electrons. The number of hydrogen-bond acceptors (Lipinski definition) is 10. The Kier molecular flexibility index (Phi) is 6.62. The molecule has 5 N–H and O–H groups in total. The third kappa shape index (κ3) is 3.78. The number of carbonyl (C=O) groups is 2. The number of ether oxygens (including phenoxy) is 3. The van der Waals surface area contributed by atoms with Crippen LogP contribution in [0.2, 0.25) is 0 Å². The van der Waals surface area contributed by atoms with Crippen LogP contribution in [0.25, 0.3) is 0 Å². The van der Waals surface area contributed by atoms with Gasteiger partial charge in [0.15, 0.2) is 6.29 Å². The monoisotopic (exact) mass is 550 g/mol. The zero-order valence-electron chi connectivity index (χ0n) is 22.7. The highest BCUT2D eigenvalue weighted by molar-refractivity contribution is 5.85. The molecule has 2 aliphatic heterocycles. The first-order valence-electron chi connectivity index (χ1n) is 14.5. The molecular formula is C29H42O10. The maximum atomic E-state index is 13.0. The average Bonchev–Trinajstić information content (AvgIpc) is 3.45. The fourth-order valence-corrected chi connectivity index (χ4v) is 9.75. The molecule has 0 amide bonds. The van der Waals surface area contributed by atoms with E-state index in [0.29, 0.717) is 44.9 Å². The molecule has 0 spiro atoms. The zero-order chi connectivity index (χ0) is 28.0. The van der Waals surface area contributed by atoms with Crippen molar-refractivity contribution in [1.82, 2.24) is 0 Å². The molecule has 4 saturated carbocycles. The van der Waals surface area contributed by atoms with E-state index in [1.807, 2.05) is 0 Å². The first kappa shape index (κ1) is 27.8. The molecule has 4 aliphatic carbocycles. The lowest BCUT2D eigenvalue weighted by molar-refractivity contribution is -0.317. The maximum Gasteiger partial charge on any atom is 0.331 e. The van der Waals surface area contributed by atoms with Gasteiger partial charge in [-0.3, -0.25) is 0 Å². The Morgan fingerprint density at radius 1 is 0.974 bits per heavy atom. The summed E-state index contributed by atoms with van der Waals surface area (Å²) in [6.07, 6.45) is 0.689. The van der Waals surface area contributed by atoms with E-state index in [1.54, 1.807) is 13.0 Å². The summed E-state index contributed by atoms with van der Waals surface area (Å²) >= 11 is 0. The Hall–Kier alpha value is -1.40. The van der Waals surface area contributed by atoms with Crippen LogP contribution in [0.15, 0.2) is 11.6 Å². The summed E-state index contributed by atoms with van der Waals surface area (Å²) in [5, 5.41) is 55.0. The van der Waals surface area contributed by atoms with E-state index >= 15 is 0 Å². The number of aldehydes is 1. The van der Waals surface area contributed by atoms with Crippen molar-refractivity contribution in [3.05, 3.63) is 11.6 Å². The van der Waals surface area contributed by atoms with Gasteiger partial charge in [0.05, 0.1) is 28.8 Å². The molecule has 10 nitrogen and oxygen atoms in total. The Balaban J connectivity index is 1.22. The van der Waals surface area contributed by atoms with Crippen LogP contribution in [-0.2, 0) is 23.8 Å². The summed E-state index contributed by atoms with van der Waals surface area (Å²) < 4.78 is 16.9. The summed E-state index contributed by atoms with van der Waals surface area (Å²) in [7, 11) is 0. The molecular weight excluding hydrogens is 508 g/mol. The second kappa shape index (κ2) is 9.31. The quantitative estimate of drug-likeness (QED) is 0.192. The van der Waals surface area contributed by atoms with Crippen LogP contribution < -0.4 is 0 Å². The molecule has 0 bridgehead atoms. The van der Waals surface area contributed by atoms with Gasteiger partial charge in [0.25, 0.3) is 0 Å². The van der Waals surface area contributed by atoms with E-state index in [2.05, 4.69) is 6.92 Å². The molecule has 39 heavy (non-hydrogen) atoms. The van der Waals surface area contributed by atoms with Crippen molar-refractivity contribution in [3.63, 3.8) is 0 Å². The van der Waals surface area contributed by atoms with Gasteiger partial charge >= 0.3 is 5.97 Å². The lowest BCUT2D eigenvalue weighted by Gasteiger charge is -2.65. The standard InChI is InChI=1S/C29H42O10/c1-15-22(32)23(33)24(34)25(38-15)39-17-3-8-27(14-30)19-4-7-26(2)18(16-11-21(31)37-13-16)6-10-29(26,36)20(19)5-9-28(27,35)12-17/h11,14-15,17-20,22-25,32-36H,3-10,12-13H2,1-2H3/t15-,17+,18+,19+,20-,22+,23-,24-,25+,26-,27-,28+,29+/m1/s1. The Bertz CT molecular complexity index is 1050. The van der Waals surface area contributed by atoms with Gasteiger partial charge in [-0.15, -0.1) is 0 Å². The van der Waals surface area contributed by atoms with Crippen molar-refractivity contribution in [2.24, 2.45) is 28.6 Å². The van der Waals surface area contributed by atoms with Crippen LogP contribution >= 0.6 is 0 Å². The summed E-state index contributed by atoms with van der Waals surface area (Å²) in [4.78, 5) is 24.8. The number of carbonyl (C=O) groups excluding carboxylic acids is 2. The number of cyclic esters (lactones) is 1. The molecule has 0 aromatic rings. The van der Waals surface area contributed by atoms with Crippen molar-refractivity contribution in [2.45, 2.75) is 120 Å². The Morgan fingerprint density at radius 2 is 1.72 bits per heavy atom. The van der Waals surface area contributed by atoms with E-state index in [9.17, 15) is 35.1 Å². The molecule has 0 aromatic heterocycles. The SMILES string of the molecule is C[C@H]1O[C@@H](O[C@H]2CC[C@@]3(C=O)[C@H]4CC[C@]5(C)[C@H](C6=CC(=O)OC6)CC[C@]5(O)[C@@H]4CC[C@]3(O)C2)[C@H](O)[C@H](O)[C@H]1O. The minimum Gasteiger partial charge on any atom is -0.458 e. The van der Waals surface area contributed by atoms with Gasteiger partial charge in [-0.05, 0) is 81.6 Å². The number of aliphatic hydroxyl groups excluding tert-OH is 3. The minimum absolute atomic E-state index is 0.0465. The molecule has 1 saturated heterocycles. The highest BCUT2D eigenvalue weighted by atomic mass is 16.7. The van der Waals surface area contributed by atoms with Gasteiger partial charge in [0, 0.05) is 17.9 Å². The Labute approximate surface area is 228 Å². The van der Waals surface area contributed by atoms with Crippen molar-refractivity contribution in [1.29, 1.82) is 0 Å². The molecule has 6 rings (SSSR count). The number of fused-ring (bicyclic) bond motifs is 5. The van der Waals surface area contributed by atoms with E-state index in [1.165, 1.54) is 0 Å². The predicted molar refractivity (Wildman–Crippen MR) is 135 cm³/mol. The van der Waals surface area contributed by atoms with Gasteiger partial charge in [-0.1, -0.05) is 6.92 Å². The van der Waals surface area contributed by atoms with E-state index in [0.717, 1.165) is 18.3 Å². The average molecular weight is 551 g/mol. The summed E-state index contributed by atoms with van der Waals surface area (Å²) in [6.45, 7) is 3.98. The van der Waals surface area contributed by atoms with Crippen molar-refractivity contribution < 1.29 is 49.3 Å². The third-order valence-electron chi connectivity index (χ3n) is 12.0. The molecule has 2 heterocycles. The number of rotatable bonds is 4. The van der Waals surface area contributed by atoms with Crippen LogP contribution in [0.5, 0.6) is 0 Å². The van der Waals surface area contributed by atoms with Gasteiger partial charge in [0.2, 0.25) is 0 Å². The fourth-order valence-electron chi connectivity index (χ4n) is 9.75. The summed E-state index contributed by atoms with van der Waals surface area (Å²) in [6, 6.07) is 0. The molecule has 6 aliphatic rings. The second-order valence-electron chi connectivity index (χ2n) is 13.4. The summed E-state index contributed by atoms with van der Waals surface area (Å²) in [5.41, 5.74) is -2.86. The van der Waals surface area contributed by atoms with Gasteiger partial charge in [-0.25, -0.2) is 4.79 Å². The molecule has 13 atom stereocenters. The van der Waals surface area contributed by atoms with Crippen molar-refractivity contribution in [3.8, 4) is 0 Å². The van der Waals surface area contributed by atoms with Crippen LogP contribution in [0.3, 0.4) is 0 Å². The smallest absolute Gasteiger partial charge is 0.331 e. The van der Waals surface area contributed by atoms with E-state index in [4.69, 9.17) is 14.2 Å². The molecule has 5 fully saturated rings. The minimum atomic E-state index is -1.43.